The fourth-order valence-corrected chi connectivity index (χ4v) is 4.06. The van der Waals surface area contributed by atoms with Gasteiger partial charge in [-0.05, 0) is 38.8 Å². The largest absolute Gasteiger partial charge is 0.466 e. The molecule has 0 bridgehead atoms. The summed E-state index contributed by atoms with van der Waals surface area (Å²) in [5.74, 6) is -0.207. The maximum Gasteiger partial charge on any atom is 0.310 e. The molecule has 1 aromatic carbocycles. The molecule has 0 N–H and O–H groups in total. The molecule has 6 heteroatoms. The number of anilines is 1. The van der Waals surface area contributed by atoms with Gasteiger partial charge in [-0.25, -0.2) is 0 Å². The highest BCUT2D eigenvalue weighted by Gasteiger charge is 2.33. The number of carbonyl (C=O) groups is 2. The topological polar surface area (TPSA) is 53.1 Å². The van der Waals surface area contributed by atoms with Crippen LogP contribution in [0.2, 0.25) is 0 Å². The lowest BCUT2D eigenvalue weighted by Gasteiger charge is -2.41. The van der Waals surface area contributed by atoms with Crippen LogP contribution in [0.15, 0.2) is 30.3 Å². The molecule has 3 rings (SSSR count). The van der Waals surface area contributed by atoms with Gasteiger partial charge in [0.2, 0.25) is 5.91 Å². The van der Waals surface area contributed by atoms with Crippen molar-refractivity contribution in [3.05, 3.63) is 30.3 Å². The average Bonchev–Trinajstić information content (AvgIpc) is 2.73. The summed E-state index contributed by atoms with van der Waals surface area (Å²) >= 11 is 0. The Kier molecular flexibility index (Phi) is 6.72. The van der Waals surface area contributed by atoms with Gasteiger partial charge in [0, 0.05) is 45.0 Å². The van der Waals surface area contributed by atoms with Crippen LogP contribution in [0.25, 0.3) is 0 Å². The van der Waals surface area contributed by atoms with E-state index in [1.165, 1.54) is 5.69 Å². The molecule has 1 aromatic rings. The fourth-order valence-electron chi connectivity index (χ4n) is 4.06. The molecule has 2 fully saturated rings. The molecule has 0 spiro atoms. The van der Waals surface area contributed by atoms with E-state index in [9.17, 15) is 9.59 Å². The van der Waals surface area contributed by atoms with E-state index in [0.29, 0.717) is 13.2 Å². The summed E-state index contributed by atoms with van der Waals surface area (Å²) in [4.78, 5) is 31.5. The maximum atomic E-state index is 13.0. The lowest BCUT2D eigenvalue weighted by molar-refractivity contribution is -0.152. The molecule has 2 unspecified atom stereocenters. The highest BCUT2D eigenvalue weighted by atomic mass is 16.5. The number of carbonyl (C=O) groups excluding carboxylic acids is 2. The van der Waals surface area contributed by atoms with Crippen LogP contribution in [0.5, 0.6) is 0 Å². The van der Waals surface area contributed by atoms with Gasteiger partial charge < -0.3 is 14.5 Å². The predicted octanol–water partition coefficient (Wildman–Crippen LogP) is 2.00. The normalized spacial score (nSPS) is 22.4. The van der Waals surface area contributed by atoms with Gasteiger partial charge in [0.05, 0.1) is 18.6 Å². The molecule has 2 aliphatic rings. The van der Waals surface area contributed by atoms with Crippen LogP contribution in [0, 0.1) is 5.92 Å². The van der Waals surface area contributed by atoms with Gasteiger partial charge in [0.25, 0.3) is 0 Å². The molecule has 2 atom stereocenters. The van der Waals surface area contributed by atoms with Crippen LogP contribution in [0.3, 0.4) is 0 Å². The molecular weight excluding hydrogens is 342 g/mol. The summed E-state index contributed by atoms with van der Waals surface area (Å²) in [5.41, 5.74) is 1.24. The quantitative estimate of drug-likeness (QED) is 0.739. The molecular formula is C21H31N3O3. The van der Waals surface area contributed by atoms with Gasteiger partial charge in [-0.2, -0.15) is 0 Å². The van der Waals surface area contributed by atoms with Crippen molar-refractivity contribution in [2.75, 3.05) is 50.8 Å². The van der Waals surface area contributed by atoms with E-state index in [0.717, 1.165) is 45.6 Å². The zero-order chi connectivity index (χ0) is 19.2. The Morgan fingerprint density at radius 3 is 2.48 bits per heavy atom. The number of likely N-dealkylation sites (tertiary alicyclic amines) is 1. The average molecular weight is 373 g/mol. The molecule has 148 valence electrons. The number of amides is 1. The summed E-state index contributed by atoms with van der Waals surface area (Å²) in [7, 11) is 0. The Morgan fingerprint density at radius 2 is 1.81 bits per heavy atom. The number of nitrogens with zero attached hydrogens (tertiary/aromatic N) is 3. The Balaban J connectivity index is 1.52. The molecule has 2 saturated heterocycles. The summed E-state index contributed by atoms with van der Waals surface area (Å²) in [6.45, 7) is 9.03. The van der Waals surface area contributed by atoms with Crippen molar-refractivity contribution in [3.8, 4) is 0 Å². The summed E-state index contributed by atoms with van der Waals surface area (Å²) in [6.07, 6.45) is 1.68. The summed E-state index contributed by atoms with van der Waals surface area (Å²) in [6, 6.07) is 10.3. The second kappa shape index (κ2) is 9.22. The van der Waals surface area contributed by atoms with E-state index in [1.807, 2.05) is 24.8 Å². The molecule has 0 saturated carbocycles. The van der Waals surface area contributed by atoms with E-state index < -0.39 is 0 Å². The Hall–Kier alpha value is -2.08. The number of hydrogen-bond donors (Lipinski definition) is 0. The van der Waals surface area contributed by atoms with Crippen molar-refractivity contribution in [2.45, 2.75) is 32.7 Å². The number of esters is 1. The predicted molar refractivity (Wildman–Crippen MR) is 106 cm³/mol. The zero-order valence-electron chi connectivity index (χ0n) is 16.5. The minimum Gasteiger partial charge on any atom is -0.466 e. The van der Waals surface area contributed by atoms with E-state index in [2.05, 4.69) is 34.1 Å². The number of piperazine rings is 1. The molecule has 6 nitrogen and oxygen atoms in total. The van der Waals surface area contributed by atoms with Crippen LogP contribution in [-0.4, -0.2) is 73.6 Å². The Bertz CT molecular complexity index is 629. The van der Waals surface area contributed by atoms with Crippen LogP contribution in [0.4, 0.5) is 5.69 Å². The van der Waals surface area contributed by atoms with Gasteiger partial charge in [0.15, 0.2) is 0 Å². The van der Waals surface area contributed by atoms with Crippen LogP contribution in [-0.2, 0) is 14.3 Å². The number of rotatable bonds is 5. The smallest absolute Gasteiger partial charge is 0.310 e. The lowest BCUT2D eigenvalue weighted by Crippen LogP contribution is -2.56. The first-order valence-electron chi connectivity index (χ1n) is 10.1. The van der Waals surface area contributed by atoms with Crippen molar-refractivity contribution in [1.29, 1.82) is 0 Å². The Labute approximate surface area is 162 Å². The number of piperidine rings is 1. The molecule has 27 heavy (non-hydrogen) atoms. The first-order valence-corrected chi connectivity index (χ1v) is 10.1. The van der Waals surface area contributed by atoms with Crippen molar-refractivity contribution < 1.29 is 14.3 Å². The highest BCUT2D eigenvalue weighted by molar-refractivity contribution is 5.82. The van der Waals surface area contributed by atoms with Gasteiger partial charge in [-0.15, -0.1) is 0 Å². The molecule has 2 aliphatic heterocycles. The van der Waals surface area contributed by atoms with Gasteiger partial charge in [0.1, 0.15) is 0 Å². The van der Waals surface area contributed by atoms with Crippen molar-refractivity contribution >= 4 is 17.6 Å². The third-order valence-electron chi connectivity index (χ3n) is 5.69. The number of benzene rings is 1. The Morgan fingerprint density at radius 1 is 1.11 bits per heavy atom. The fraction of sp³-hybridized carbons (Fsp3) is 0.619. The minimum absolute atomic E-state index is 0.136. The molecule has 2 heterocycles. The molecule has 1 amide bonds. The third-order valence-corrected chi connectivity index (χ3v) is 5.69. The van der Waals surface area contributed by atoms with Crippen molar-refractivity contribution in [1.82, 2.24) is 9.80 Å². The molecule has 0 radical (unpaired) electrons. The number of ether oxygens (including phenoxy) is 1. The second-order valence-corrected chi connectivity index (χ2v) is 7.41. The first kappa shape index (κ1) is 19.7. The number of para-hydroxylation sites is 1. The summed E-state index contributed by atoms with van der Waals surface area (Å²) < 4.78 is 5.15. The summed E-state index contributed by atoms with van der Waals surface area (Å²) in [5, 5.41) is 0. The minimum atomic E-state index is -0.176. The van der Waals surface area contributed by atoms with E-state index in [1.54, 1.807) is 0 Å². The third kappa shape index (κ3) is 4.80. The standard InChI is InChI=1S/C21H31N3O3/c1-3-27-21(26)18-8-7-11-24(16-18)20(25)17(2)22-12-14-23(15-13-22)19-9-5-4-6-10-19/h4-6,9-10,17-18H,3,7-8,11-16H2,1-2H3. The monoisotopic (exact) mass is 373 g/mol. The SMILES string of the molecule is CCOC(=O)C1CCCN(C(=O)C(C)N2CCN(c3ccccc3)CC2)C1. The van der Waals surface area contributed by atoms with E-state index >= 15 is 0 Å². The molecule has 0 aliphatic carbocycles. The van der Waals surface area contributed by atoms with Crippen molar-refractivity contribution in [3.63, 3.8) is 0 Å². The van der Waals surface area contributed by atoms with Gasteiger partial charge in [-0.3, -0.25) is 14.5 Å². The second-order valence-electron chi connectivity index (χ2n) is 7.41. The van der Waals surface area contributed by atoms with Gasteiger partial charge >= 0.3 is 5.97 Å². The highest BCUT2D eigenvalue weighted by Crippen LogP contribution is 2.21. The first-order chi connectivity index (χ1) is 13.1. The zero-order valence-corrected chi connectivity index (χ0v) is 16.5. The van der Waals surface area contributed by atoms with Crippen LogP contribution < -0.4 is 4.90 Å². The van der Waals surface area contributed by atoms with E-state index in [4.69, 9.17) is 4.74 Å². The van der Waals surface area contributed by atoms with E-state index in [-0.39, 0.29) is 23.8 Å². The number of hydrogen-bond acceptors (Lipinski definition) is 5. The van der Waals surface area contributed by atoms with Gasteiger partial charge in [-0.1, -0.05) is 18.2 Å². The van der Waals surface area contributed by atoms with Crippen LogP contribution in [0.1, 0.15) is 26.7 Å². The molecule has 0 aromatic heterocycles. The van der Waals surface area contributed by atoms with Crippen LogP contribution >= 0.6 is 0 Å². The van der Waals surface area contributed by atoms with Crippen molar-refractivity contribution in [2.24, 2.45) is 5.92 Å². The lowest BCUT2D eigenvalue weighted by atomic mass is 9.97. The maximum absolute atomic E-state index is 13.0.